The molecule has 2 N–H and O–H groups in total. The fraction of sp³-hybridized carbons (Fsp3) is 0.625. The summed E-state index contributed by atoms with van der Waals surface area (Å²) in [6.45, 7) is 8.00. The van der Waals surface area contributed by atoms with Gasteiger partial charge in [0, 0.05) is 34.9 Å². The summed E-state index contributed by atoms with van der Waals surface area (Å²) in [6.07, 6.45) is 1.51. The van der Waals surface area contributed by atoms with Gasteiger partial charge in [0.2, 0.25) is 0 Å². The van der Waals surface area contributed by atoms with Crippen molar-refractivity contribution >= 4 is 0 Å². The molecule has 4 nitrogen and oxygen atoms in total. The van der Waals surface area contributed by atoms with Crippen molar-refractivity contribution in [2.45, 2.75) is 58.2 Å². The number of aliphatic hydroxyl groups excluding tert-OH is 1. The van der Waals surface area contributed by atoms with E-state index in [2.05, 4.69) is 0 Å². The van der Waals surface area contributed by atoms with Gasteiger partial charge in [-0.25, -0.2) is 0 Å². The molecule has 0 aromatic heterocycles. The van der Waals surface area contributed by atoms with E-state index in [0.717, 1.165) is 28.9 Å². The highest BCUT2D eigenvalue weighted by atomic mass is 16.5. The molecule has 0 saturated carbocycles. The Hall–Kier alpha value is -1.42. The molecular weight excluding hydrogens is 256 g/mol. The highest BCUT2D eigenvalue weighted by molar-refractivity contribution is 5.67. The minimum atomic E-state index is -0.417. The average Bonchev–Trinajstić information content (AvgIpc) is 2.92. The van der Waals surface area contributed by atoms with Gasteiger partial charge in [0.15, 0.2) is 11.5 Å². The van der Waals surface area contributed by atoms with Gasteiger partial charge in [-0.15, -0.1) is 0 Å². The average molecular weight is 278 g/mol. The minimum absolute atomic E-state index is 0.0305. The van der Waals surface area contributed by atoms with Crippen LogP contribution in [0.5, 0.6) is 17.2 Å². The third-order valence-corrected chi connectivity index (χ3v) is 4.27. The van der Waals surface area contributed by atoms with Crippen molar-refractivity contribution in [2.75, 3.05) is 6.61 Å². The van der Waals surface area contributed by atoms with Gasteiger partial charge < -0.3 is 19.7 Å². The first-order valence-corrected chi connectivity index (χ1v) is 7.20. The molecule has 2 heterocycles. The van der Waals surface area contributed by atoms with Crippen molar-refractivity contribution in [3.63, 3.8) is 0 Å². The van der Waals surface area contributed by atoms with E-state index in [0.29, 0.717) is 12.2 Å². The van der Waals surface area contributed by atoms with Gasteiger partial charge in [-0.05, 0) is 13.8 Å². The SMILES string of the molecule is CC1Cc2c(c(O)c3c(c2C(C)(C)CO)OC(C)C3)O1. The predicted molar refractivity (Wildman–Crippen MR) is 75.8 cm³/mol. The van der Waals surface area contributed by atoms with Gasteiger partial charge in [0.1, 0.15) is 18.0 Å². The van der Waals surface area contributed by atoms with Crippen molar-refractivity contribution < 1.29 is 19.7 Å². The number of aliphatic hydroxyl groups is 1. The molecule has 4 heteroatoms. The van der Waals surface area contributed by atoms with E-state index >= 15 is 0 Å². The lowest BCUT2D eigenvalue weighted by Crippen LogP contribution is -2.25. The van der Waals surface area contributed by atoms with Crippen LogP contribution in [-0.4, -0.2) is 29.0 Å². The van der Waals surface area contributed by atoms with Crippen molar-refractivity contribution in [3.8, 4) is 17.2 Å². The van der Waals surface area contributed by atoms with Gasteiger partial charge in [-0.3, -0.25) is 0 Å². The van der Waals surface area contributed by atoms with Crippen LogP contribution in [0.15, 0.2) is 0 Å². The predicted octanol–water partition coefficient (Wildman–Crippen LogP) is 2.31. The number of fused-ring (bicyclic) bond motifs is 2. The third kappa shape index (κ3) is 1.78. The monoisotopic (exact) mass is 278 g/mol. The Kier molecular flexibility index (Phi) is 2.91. The van der Waals surface area contributed by atoms with Crippen LogP contribution in [0.3, 0.4) is 0 Å². The second-order valence-corrected chi connectivity index (χ2v) is 6.65. The molecule has 110 valence electrons. The van der Waals surface area contributed by atoms with E-state index in [1.807, 2.05) is 27.7 Å². The zero-order valence-corrected chi connectivity index (χ0v) is 12.5. The van der Waals surface area contributed by atoms with Crippen molar-refractivity contribution in [1.82, 2.24) is 0 Å². The quantitative estimate of drug-likeness (QED) is 0.871. The highest BCUT2D eigenvalue weighted by Gasteiger charge is 2.40. The summed E-state index contributed by atoms with van der Waals surface area (Å²) in [5.74, 6) is 1.57. The van der Waals surface area contributed by atoms with Crippen LogP contribution in [0.1, 0.15) is 44.4 Å². The number of benzene rings is 1. The molecule has 2 aliphatic heterocycles. The maximum Gasteiger partial charge on any atom is 0.165 e. The number of rotatable bonds is 2. The largest absolute Gasteiger partial charge is 0.504 e. The first-order valence-electron chi connectivity index (χ1n) is 7.20. The molecular formula is C16H22O4. The third-order valence-electron chi connectivity index (χ3n) is 4.27. The number of hydrogen-bond acceptors (Lipinski definition) is 4. The number of aromatic hydroxyl groups is 1. The van der Waals surface area contributed by atoms with Crippen LogP contribution in [0, 0.1) is 0 Å². The summed E-state index contributed by atoms with van der Waals surface area (Å²) in [5, 5.41) is 20.2. The van der Waals surface area contributed by atoms with Gasteiger partial charge in [-0.2, -0.15) is 0 Å². The first kappa shape index (κ1) is 13.6. The van der Waals surface area contributed by atoms with Gasteiger partial charge in [0.25, 0.3) is 0 Å². The van der Waals surface area contributed by atoms with Gasteiger partial charge in [-0.1, -0.05) is 13.8 Å². The Morgan fingerprint density at radius 2 is 1.60 bits per heavy atom. The van der Waals surface area contributed by atoms with Crippen LogP contribution >= 0.6 is 0 Å². The normalized spacial score (nSPS) is 24.1. The maximum absolute atomic E-state index is 10.5. The summed E-state index contributed by atoms with van der Waals surface area (Å²) >= 11 is 0. The molecule has 0 aliphatic carbocycles. The molecule has 0 spiro atoms. The Bertz CT molecular complexity index is 523. The summed E-state index contributed by atoms with van der Waals surface area (Å²) in [4.78, 5) is 0. The molecule has 0 radical (unpaired) electrons. The Balaban J connectivity index is 2.29. The molecule has 1 aromatic rings. The lowest BCUT2D eigenvalue weighted by Gasteiger charge is -2.27. The standard InChI is InChI=1S/C16H22O4/c1-8-5-10-12(16(3,4)7-17)14-11(6-9(2)19-14)13(18)15(10)20-8/h8-9,17-18H,5-7H2,1-4H3. The lowest BCUT2D eigenvalue weighted by molar-refractivity contribution is 0.206. The van der Waals surface area contributed by atoms with E-state index in [1.54, 1.807) is 0 Å². The molecule has 2 atom stereocenters. The van der Waals surface area contributed by atoms with Crippen molar-refractivity contribution in [1.29, 1.82) is 0 Å². The van der Waals surface area contributed by atoms with Gasteiger partial charge >= 0.3 is 0 Å². The van der Waals surface area contributed by atoms with E-state index in [-0.39, 0.29) is 24.6 Å². The maximum atomic E-state index is 10.5. The first-order chi connectivity index (χ1) is 9.35. The summed E-state index contributed by atoms with van der Waals surface area (Å²) < 4.78 is 11.7. The molecule has 3 rings (SSSR count). The number of phenolic OH excluding ortho intramolecular Hbond substituents is 1. The second-order valence-electron chi connectivity index (χ2n) is 6.65. The molecule has 20 heavy (non-hydrogen) atoms. The summed E-state index contributed by atoms with van der Waals surface area (Å²) in [7, 11) is 0. The Morgan fingerprint density at radius 3 is 2.20 bits per heavy atom. The zero-order chi connectivity index (χ0) is 14.7. The van der Waals surface area contributed by atoms with Crippen molar-refractivity contribution in [2.24, 2.45) is 0 Å². The number of phenols is 1. The fourth-order valence-corrected chi connectivity index (χ4v) is 3.29. The van der Waals surface area contributed by atoms with Gasteiger partial charge in [0.05, 0.1) is 6.61 Å². The lowest BCUT2D eigenvalue weighted by atomic mass is 9.79. The zero-order valence-electron chi connectivity index (χ0n) is 12.5. The van der Waals surface area contributed by atoms with Crippen LogP contribution in [0.4, 0.5) is 0 Å². The van der Waals surface area contributed by atoms with Crippen LogP contribution in [-0.2, 0) is 18.3 Å². The van der Waals surface area contributed by atoms with Crippen molar-refractivity contribution in [3.05, 3.63) is 16.7 Å². The second kappa shape index (κ2) is 4.29. The molecule has 1 aromatic carbocycles. The molecule has 2 unspecified atom stereocenters. The molecule has 0 amide bonds. The smallest absolute Gasteiger partial charge is 0.165 e. The fourth-order valence-electron chi connectivity index (χ4n) is 3.29. The van der Waals surface area contributed by atoms with Crippen LogP contribution in [0.2, 0.25) is 0 Å². The van der Waals surface area contributed by atoms with Crippen LogP contribution < -0.4 is 9.47 Å². The number of ether oxygens (including phenoxy) is 2. The van der Waals surface area contributed by atoms with E-state index in [9.17, 15) is 10.2 Å². The van der Waals surface area contributed by atoms with E-state index in [4.69, 9.17) is 9.47 Å². The molecule has 0 bridgehead atoms. The molecule has 0 saturated heterocycles. The number of hydrogen-bond donors (Lipinski definition) is 2. The summed E-state index contributed by atoms with van der Waals surface area (Å²) in [6, 6.07) is 0. The van der Waals surface area contributed by atoms with Crippen LogP contribution in [0.25, 0.3) is 0 Å². The summed E-state index contributed by atoms with van der Waals surface area (Å²) in [5.41, 5.74) is 2.39. The van der Waals surface area contributed by atoms with E-state index < -0.39 is 5.41 Å². The highest BCUT2D eigenvalue weighted by Crippen LogP contribution is 2.53. The molecule has 2 aliphatic rings. The Morgan fingerprint density at radius 1 is 1.05 bits per heavy atom. The Labute approximate surface area is 119 Å². The minimum Gasteiger partial charge on any atom is -0.504 e. The topological polar surface area (TPSA) is 58.9 Å². The van der Waals surface area contributed by atoms with E-state index in [1.165, 1.54) is 0 Å². The molecule has 0 fully saturated rings.